The summed E-state index contributed by atoms with van der Waals surface area (Å²) in [5.74, 6) is -1.66. The number of anilines is 1. The first kappa shape index (κ1) is 25.2. The van der Waals surface area contributed by atoms with Crippen LogP contribution in [-0.2, 0) is 17.8 Å². The van der Waals surface area contributed by atoms with Gasteiger partial charge < -0.3 is 20.3 Å². The van der Waals surface area contributed by atoms with Gasteiger partial charge in [0.15, 0.2) is 5.78 Å². The zero-order valence-electron chi connectivity index (χ0n) is 19.8. The van der Waals surface area contributed by atoms with E-state index < -0.39 is 18.0 Å². The number of hydrogen-bond acceptors (Lipinski definition) is 5. The minimum atomic E-state index is -1.04. The number of hydrogen-bond donors (Lipinski definition) is 3. The number of ether oxygens (including phenoxy) is 1. The number of carbonyl (C=O) groups excluding carboxylic acids is 1. The molecule has 0 aliphatic rings. The number of ketones is 1. The zero-order valence-corrected chi connectivity index (χ0v) is 19.8. The Morgan fingerprint density at radius 1 is 0.730 bits per heavy atom. The molecule has 4 aromatic carbocycles. The van der Waals surface area contributed by atoms with Crippen LogP contribution in [0, 0.1) is 0 Å². The van der Waals surface area contributed by atoms with E-state index in [2.05, 4.69) is 5.32 Å². The average molecular weight is 496 g/mol. The molecule has 1 atom stereocenters. The Labute approximate surface area is 214 Å². The standard InChI is InChI=1S/C30H25NO6/c32-28(22-8-2-1-3-9-22)25-11-4-5-12-26(25)31-27(30(35)36)18-20-13-15-24(16-14-20)37-19-21-7-6-10-23(17-21)29(33)34/h1-17,27,31H,18-19H2,(H,33,34)(H,35,36). The summed E-state index contributed by atoms with van der Waals surface area (Å²) in [5.41, 5.74) is 3.06. The highest BCUT2D eigenvalue weighted by molar-refractivity contribution is 6.12. The second-order valence-corrected chi connectivity index (χ2v) is 8.42. The summed E-state index contributed by atoms with van der Waals surface area (Å²) < 4.78 is 5.75. The van der Waals surface area contributed by atoms with Crippen LogP contribution in [0.15, 0.2) is 103 Å². The van der Waals surface area contributed by atoms with Crippen LogP contribution < -0.4 is 10.1 Å². The number of para-hydroxylation sites is 1. The summed E-state index contributed by atoms with van der Waals surface area (Å²) in [5, 5.41) is 22.0. The van der Waals surface area contributed by atoms with Crippen molar-refractivity contribution in [3.63, 3.8) is 0 Å². The first-order valence-corrected chi connectivity index (χ1v) is 11.6. The maximum Gasteiger partial charge on any atom is 0.335 e. The highest BCUT2D eigenvalue weighted by Gasteiger charge is 2.21. The lowest BCUT2D eigenvalue weighted by molar-refractivity contribution is -0.137. The van der Waals surface area contributed by atoms with Gasteiger partial charge in [0.25, 0.3) is 0 Å². The molecular weight excluding hydrogens is 470 g/mol. The average Bonchev–Trinajstić information content (AvgIpc) is 2.92. The first-order valence-electron chi connectivity index (χ1n) is 11.6. The molecule has 0 fully saturated rings. The number of carboxylic acid groups (broad SMARTS) is 2. The Morgan fingerprint density at radius 3 is 2.11 bits per heavy atom. The fourth-order valence-corrected chi connectivity index (χ4v) is 3.86. The molecule has 1 unspecified atom stereocenters. The van der Waals surface area contributed by atoms with Crippen LogP contribution in [0.1, 0.15) is 37.4 Å². The lowest BCUT2D eigenvalue weighted by Crippen LogP contribution is -2.32. The van der Waals surface area contributed by atoms with E-state index in [1.54, 1.807) is 91.0 Å². The monoisotopic (exact) mass is 495 g/mol. The van der Waals surface area contributed by atoms with Crippen molar-refractivity contribution in [2.45, 2.75) is 19.1 Å². The van der Waals surface area contributed by atoms with Crippen LogP contribution in [0.4, 0.5) is 5.69 Å². The van der Waals surface area contributed by atoms with Crippen molar-refractivity contribution in [2.24, 2.45) is 0 Å². The predicted molar refractivity (Wildman–Crippen MR) is 139 cm³/mol. The smallest absolute Gasteiger partial charge is 0.335 e. The maximum atomic E-state index is 13.0. The van der Waals surface area contributed by atoms with Gasteiger partial charge in [0, 0.05) is 23.2 Å². The third-order valence-corrected chi connectivity index (χ3v) is 5.78. The fourth-order valence-electron chi connectivity index (χ4n) is 3.86. The second kappa shape index (κ2) is 11.7. The summed E-state index contributed by atoms with van der Waals surface area (Å²) in [7, 11) is 0. The quantitative estimate of drug-likeness (QED) is 0.242. The van der Waals surface area contributed by atoms with E-state index >= 15 is 0 Å². The van der Waals surface area contributed by atoms with Crippen molar-refractivity contribution in [2.75, 3.05) is 5.32 Å². The van der Waals surface area contributed by atoms with E-state index in [9.17, 15) is 19.5 Å². The van der Waals surface area contributed by atoms with Gasteiger partial charge in [-0.1, -0.05) is 66.7 Å². The molecule has 0 spiro atoms. The number of benzene rings is 4. The second-order valence-electron chi connectivity index (χ2n) is 8.42. The minimum Gasteiger partial charge on any atom is -0.489 e. The molecule has 0 radical (unpaired) electrons. The largest absolute Gasteiger partial charge is 0.489 e. The van der Waals surface area contributed by atoms with Gasteiger partial charge in [0.05, 0.1) is 5.56 Å². The van der Waals surface area contributed by atoms with Gasteiger partial charge >= 0.3 is 11.9 Å². The van der Waals surface area contributed by atoms with E-state index in [-0.39, 0.29) is 24.4 Å². The van der Waals surface area contributed by atoms with Gasteiger partial charge in [-0.2, -0.15) is 0 Å². The number of carbonyl (C=O) groups is 3. The fraction of sp³-hybridized carbons (Fsp3) is 0.100. The molecule has 7 nitrogen and oxygen atoms in total. The van der Waals surface area contributed by atoms with Crippen LogP contribution in [0.25, 0.3) is 0 Å². The molecule has 4 aromatic rings. The van der Waals surface area contributed by atoms with Crippen molar-refractivity contribution in [3.05, 3.63) is 131 Å². The van der Waals surface area contributed by atoms with Crippen LogP contribution in [0.2, 0.25) is 0 Å². The molecule has 0 aromatic heterocycles. The molecule has 0 amide bonds. The van der Waals surface area contributed by atoms with E-state index in [0.717, 1.165) is 11.1 Å². The van der Waals surface area contributed by atoms with Crippen LogP contribution in [0.3, 0.4) is 0 Å². The number of aliphatic carboxylic acids is 1. The predicted octanol–water partition coefficient (Wildman–Crippen LogP) is 5.30. The molecule has 0 aliphatic heterocycles. The first-order chi connectivity index (χ1) is 17.9. The molecular formula is C30H25NO6. The molecule has 0 heterocycles. The molecule has 7 heteroatoms. The summed E-state index contributed by atoms with van der Waals surface area (Å²) >= 11 is 0. The Morgan fingerprint density at radius 2 is 1.41 bits per heavy atom. The van der Waals surface area contributed by atoms with Crippen LogP contribution in [-0.4, -0.2) is 34.0 Å². The maximum absolute atomic E-state index is 13.0. The summed E-state index contributed by atoms with van der Waals surface area (Å²) in [4.78, 5) is 36.2. The molecule has 0 bridgehead atoms. The van der Waals surface area contributed by atoms with E-state index in [1.807, 2.05) is 6.07 Å². The minimum absolute atomic E-state index is 0.185. The summed E-state index contributed by atoms with van der Waals surface area (Å²) in [6, 6.07) is 28.3. The van der Waals surface area contributed by atoms with Crippen LogP contribution in [0.5, 0.6) is 5.75 Å². The Kier molecular flexibility index (Phi) is 7.95. The lowest BCUT2D eigenvalue weighted by Gasteiger charge is -2.18. The van der Waals surface area contributed by atoms with E-state index in [0.29, 0.717) is 22.6 Å². The van der Waals surface area contributed by atoms with E-state index in [1.165, 1.54) is 6.07 Å². The molecule has 3 N–H and O–H groups in total. The number of carboxylic acids is 2. The van der Waals surface area contributed by atoms with Gasteiger partial charge in [0.2, 0.25) is 0 Å². The molecule has 186 valence electrons. The molecule has 37 heavy (non-hydrogen) atoms. The third-order valence-electron chi connectivity index (χ3n) is 5.78. The number of nitrogens with one attached hydrogen (secondary N) is 1. The Balaban J connectivity index is 1.43. The topological polar surface area (TPSA) is 113 Å². The normalized spacial score (nSPS) is 11.4. The van der Waals surface area contributed by atoms with Gasteiger partial charge in [-0.3, -0.25) is 4.79 Å². The van der Waals surface area contributed by atoms with Crippen molar-refractivity contribution >= 4 is 23.4 Å². The number of rotatable bonds is 11. The van der Waals surface area contributed by atoms with Gasteiger partial charge in [-0.05, 0) is 47.5 Å². The lowest BCUT2D eigenvalue weighted by atomic mass is 10.00. The highest BCUT2D eigenvalue weighted by Crippen LogP contribution is 2.22. The van der Waals surface area contributed by atoms with Crippen molar-refractivity contribution in [3.8, 4) is 5.75 Å². The molecule has 4 rings (SSSR count). The van der Waals surface area contributed by atoms with E-state index in [4.69, 9.17) is 9.84 Å². The van der Waals surface area contributed by atoms with Crippen molar-refractivity contribution < 1.29 is 29.3 Å². The van der Waals surface area contributed by atoms with Gasteiger partial charge in [-0.15, -0.1) is 0 Å². The Bertz CT molecular complexity index is 1400. The molecule has 0 aliphatic carbocycles. The third kappa shape index (κ3) is 6.61. The highest BCUT2D eigenvalue weighted by atomic mass is 16.5. The van der Waals surface area contributed by atoms with Gasteiger partial charge in [0.1, 0.15) is 18.4 Å². The zero-order chi connectivity index (χ0) is 26.2. The SMILES string of the molecule is O=C(O)c1cccc(COc2ccc(CC(Nc3ccccc3C(=O)c3ccccc3)C(=O)O)cc2)c1. The molecule has 0 saturated carbocycles. The van der Waals surface area contributed by atoms with Crippen LogP contribution >= 0.6 is 0 Å². The van der Waals surface area contributed by atoms with Crippen molar-refractivity contribution in [1.82, 2.24) is 0 Å². The Hall–Kier alpha value is -4.91. The van der Waals surface area contributed by atoms with Gasteiger partial charge in [-0.25, -0.2) is 9.59 Å². The van der Waals surface area contributed by atoms with Crippen molar-refractivity contribution in [1.29, 1.82) is 0 Å². The molecule has 0 saturated heterocycles. The number of aromatic carboxylic acids is 1. The summed E-state index contributed by atoms with van der Waals surface area (Å²) in [6.45, 7) is 0.200. The summed E-state index contributed by atoms with van der Waals surface area (Å²) in [6.07, 6.45) is 0.185.